The van der Waals surface area contributed by atoms with Gasteiger partial charge in [0.25, 0.3) is 0 Å². The highest BCUT2D eigenvalue weighted by Crippen LogP contribution is 2.29. The van der Waals surface area contributed by atoms with Gasteiger partial charge >= 0.3 is 0 Å². The average Bonchev–Trinajstić information content (AvgIpc) is 2.79. The van der Waals surface area contributed by atoms with Crippen LogP contribution < -0.4 is 9.47 Å². The van der Waals surface area contributed by atoms with E-state index in [9.17, 15) is 5.11 Å². The summed E-state index contributed by atoms with van der Waals surface area (Å²) < 4.78 is 11.5. The fourth-order valence-electron chi connectivity index (χ4n) is 4.01. The van der Waals surface area contributed by atoms with Crippen LogP contribution in [0, 0.1) is 0 Å². The molecule has 1 N–H and O–H groups in total. The van der Waals surface area contributed by atoms with E-state index >= 15 is 0 Å². The van der Waals surface area contributed by atoms with Crippen molar-refractivity contribution >= 4 is 0 Å². The lowest BCUT2D eigenvalue weighted by Crippen LogP contribution is -2.45. The Morgan fingerprint density at radius 2 is 1.68 bits per heavy atom. The van der Waals surface area contributed by atoms with Gasteiger partial charge in [0.1, 0.15) is 12.7 Å². The maximum Gasteiger partial charge on any atom is 0.161 e. The monoisotopic (exact) mass is 427 g/mol. The fourth-order valence-corrected chi connectivity index (χ4v) is 4.01. The van der Waals surface area contributed by atoms with Crippen molar-refractivity contribution in [2.75, 3.05) is 60.0 Å². The molecular weight excluding hydrogens is 390 g/mol. The number of benzene rings is 2. The summed E-state index contributed by atoms with van der Waals surface area (Å²) in [5, 5.41) is 10.5. The number of aliphatic hydroxyl groups is 1. The van der Waals surface area contributed by atoms with Crippen LogP contribution in [-0.4, -0.2) is 85.9 Å². The number of ether oxygens (including phenoxy) is 2. The normalized spacial score (nSPS) is 16.4. The van der Waals surface area contributed by atoms with Crippen LogP contribution in [-0.2, 0) is 13.1 Å². The lowest BCUT2D eigenvalue weighted by Gasteiger charge is -2.34. The molecule has 1 aliphatic heterocycles. The molecule has 1 aliphatic rings. The molecule has 31 heavy (non-hydrogen) atoms. The van der Waals surface area contributed by atoms with Gasteiger partial charge in [0.05, 0.1) is 7.11 Å². The first-order valence-corrected chi connectivity index (χ1v) is 11.2. The largest absolute Gasteiger partial charge is 0.493 e. The van der Waals surface area contributed by atoms with Crippen molar-refractivity contribution in [3.8, 4) is 11.5 Å². The zero-order valence-electron chi connectivity index (χ0n) is 19.2. The van der Waals surface area contributed by atoms with E-state index in [0.717, 1.165) is 45.8 Å². The Labute approximate surface area is 187 Å². The van der Waals surface area contributed by atoms with Crippen LogP contribution in [0.3, 0.4) is 0 Å². The van der Waals surface area contributed by atoms with Crippen molar-refractivity contribution in [2.24, 2.45) is 0 Å². The van der Waals surface area contributed by atoms with Crippen molar-refractivity contribution in [3.63, 3.8) is 0 Å². The molecule has 2 aromatic rings. The molecule has 0 saturated carbocycles. The minimum atomic E-state index is -0.579. The van der Waals surface area contributed by atoms with E-state index in [-0.39, 0.29) is 6.61 Å². The molecule has 0 spiro atoms. The van der Waals surface area contributed by atoms with Crippen molar-refractivity contribution in [1.82, 2.24) is 14.7 Å². The van der Waals surface area contributed by atoms with Crippen LogP contribution in [0.4, 0.5) is 0 Å². The summed E-state index contributed by atoms with van der Waals surface area (Å²) >= 11 is 0. The van der Waals surface area contributed by atoms with Gasteiger partial charge in [-0.25, -0.2) is 0 Å². The number of rotatable bonds is 11. The predicted octanol–water partition coefficient (Wildman–Crippen LogP) is 2.70. The molecule has 0 amide bonds. The molecule has 1 fully saturated rings. The van der Waals surface area contributed by atoms with Crippen LogP contribution in [0.25, 0.3) is 0 Å². The molecule has 0 radical (unpaired) electrons. The molecule has 6 nitrogen and oxygen atoms in total. The number of nitrogens with zero attached hydrogens (tertiary/aromatic N) is 3. The van der Waals surface area contributed by atoms with E-state index in [0.29, 0.717) is 18.0 Å². The Balaban J connectivity index is 1.50. The van der Waals surface area contributed by atoms with E-state index in [1.165, 1.54) is 11.1 Å². The third kappa shape index (κ3) is 7.51. The Hall–Kier alpha value is -2.12. The first-order valence-electron chi connectivity index (χ1n) is 11.2. The van der Waals surface area contributed by atoms with Crippen molar-refractivity contribution in [2.45, 2.75) is 26.1 Å². The summed E-state index contributed by atoms with van der Waals surface area (Å²) in [6.45, 7) is 10.2. The van der Waals surface area contributed by atoms with E-state index in [4.69, 9.17) is 9.47 Å². The van der Waals surface area contributed by atoms with Crippen molar-refractivity contribution in [3.05, 3.63) is 59.7 Å². The second-order valence-corrected chi connectivity index (χ2v) is 8.34. The highest BCUT2D eigenvalue weighted by molar-refractivity contribution is 5.43. The first-order chi connectivity index (χ1) is 15.1. The van der Waals surface area contributed by atoms with Gasteiger partial charge in [0.15, 0.2) is 11.5 Å². The van der Waals surface area contributed by atoms with E-state index in [1.54, 1.807) is 7.11 Å². The molecule has 1 saturated heterocycles. The van der Waals surface area contributed by atoms with Gasteiger partial charge in [-0.3, -0.25) is 9.80 Å². The highest BCUT2D eigenvalue weighted by atomic mass is 16.5. The molecule has 0 aromatic heterocycles. The third-order valence-electron chi connectivity index (χ3n) is 5.80. The van der Waals surface area contributed by atoms with Crippen LogP contribution in [0.2, 0.25) is 0 Å². The van der Waals surface area contributed by atoms with Crippen LogP contribution in [0.1, 0.15) is 18.1 Å². The van der Waals surface area contributed by atoms with Gasteiger partial charge in [-0.1, -0.05) is 43.3 Å². The highest BCUT2D eigenvalue weighted by Gasteiger charge is 2.17. The zero-order valence-corrected chi connectivity index (χ0v) is 19.2. The number of piperazine rings is 1. The SMILES string of the molecule is CCN1CCN(Cc2ccc(OC)c(OC[C@@H](O)CN(C)Cc3ccccc3)c2)CC1. The predicted molar refractivity (Wildman–Crippen MR) is 125 cm³/mol. The summed E-state index contributed by atoms with van der Waals surface area (Å²) in [4.78, 5) is 7.06. The molecule has 0 aliphatic carbocycles. The minimum Gasteiger partial charge on any atom is -0.493 e. The van der Waals surface area contributed by atoms with Crippen LogP contribution in [0.5, 0.6) is 11.5 Å². The maximum absolute atomic E-state index is 10.5. The van der Waals surface area contributed by atoms with Crippen LogP contribution >= 0.6 is 0 Å². The molecule has 0 unspecified atom stereocenters. The first kappa shape index (κ1) is 23.5. The Morgan fingerprint density at radius 1 is 0.968 bits per heavy atom. The number of hydrogen-bond acceptors (Lipinski definition) is 6. The molecule has 1 heterocycles. The third-order valence-corrected chi connectivity index (χ3v) is 5.80. The van der Waals surface area contributed by atoms with Crippen LogP contribution in [0.15, 0.2) is 48.5 Å². The van der Waals surface area contributed by atoms with E-state index < -0.39 is 6.10 Å². The number of hydrogen-bond donors (Lipinski definition) is 1. The minimum absolute atomic E-state index is 0.230. The Bertz CT molecular complexity index is 779. The molecule has 0 bridgehead atoms. The van der Waals surface area contributed by atoms with E-state index in [1.807, 2.05) is 37.4 Å². The smallest absolute Gasteiger partial charge is 0.161 e. The van der Waals surface area contributed by atoms with Gasteiger partial charge in [-0.05, 0) is 36.9 Å². The molecule has 6 heteroatoms. The van der Waals surface area contributed by atoms with Gasteiger partial charge < -0.3 is 19.5 Å². The molecular formula is C25H37N3O3. The second-order valence-electron chi connectivity index (χ2n) is 8.34. The summed E-state index contributed by atoms with van der Waals surface area (Å²) in [6, 6.07) is 16.4. The maximum atomic E-state index is 10.5. The van der Waals surface area contributed by atoms with Crippen molar-refractivity contribution < 1.29 is 14.6 Å². The fraction of sp³-hybridized carbons (Fsp3) is 0.520. The van der Waals surface area contributed by atoms with E-state index in [2.05, 4.69) is 39.8 Å². The summed E-state index contributed by atoms with van der Waals surface area (Å²) in [7, 11) is 3.66. The summed E-state index contributed by atoms with van der Waals surface area (Å²) in [5.74, 6) is 1.39. The lowest BCUT2D eigenvalue weighted by atomic mass is 10.1. The quantitative estimate of drug-likeness (QED) is 0.595. The van der Waals surface area contributed by atoms with Gasteiger partial charge in [-0.15, -0.1) is 0 Å². The number of aliphatic hydroxyl groups excluding tert-OH is 1. The number of methoxy groups -OCH3 is 1. The summed E-state index contributed by atoms with van der Waals surface area (Å²) in [5.41, 5.74) is 2.43. The Kier molecular flexibility index (Phi) is 9.15. The molecule has 1 atom stereocenters. The number of likely N-dealkylation sites (N-methyl/N-ethyl adjacent to an activating group) is 2. The molecule has 170 valence electrons. The zero-order chi connectivity index (χ0) is 22.1. The average molecular weight is 428 g/mol. The second kappa shape index (κ2) is 12.1. The lowest BCUT2D eigenvalue weighted by molar-refractivity contribution is 0.0731. The van der Waals surface area contributed by atoms with Gasteiger partial charge in [-0.2, -0.15) is 0 Å². The Morgan fingerprint density at radius 3 is 2.35 bits per heavy atom. The molecule has 2 aromatic carbocycles. The topological polar surface area (TPSA) is 48.4 Å². The molecule has 3 rings (SSSR count). The summed E-state index contributed by atoms with van der Waals surface area (Å²) in [6.07, 6.45) is -0.579. The standard InChI is InChI=1S/C25H37N3O3/c1-4-27-12-14-28(15-13-27)18-22-10-11-24(30-3)25(16-22)31-20-23(29)19-26(2)17-21-8-6-5-7-9-21/h5-11,16,23,29H,4,12-15,17-20H2,1-3H3/t23-/m0/s1. The van der Waals surface area contributed by atoms with Crippen molar-refractivity contribution in [1.29, 1.82) is 0 Å². The van der Waals surface area contributed by atoms with Gasteiger partial charge in [0.2, 0.25) is 0 Å². The van der Waals surface area contributed by atoms with Gasteiger partial charge in [0, 0.05) is 45.8 Å².